The lowest BCUT2D eigenvalue weighted by atomic mass is 10.1. The number of carbonyl (C=O) groups excluding carboxylic acids is 1. The summed E-state index contributed by atoms with van der Waals surface area (Å²) in [6.45, 7) is 0. The minimum absolute atomic E-state index is 0.0461. The third-order valence-corrected chi connectivity index (χ3v) is 3.97. The van der Waals surface area contributed by atoms with Crippen LogP contribution < -0.4 is 15.3 Å². The lowest BCUT2D eigenvalue weighted by molar-refractivity contribution is 0.0697. The lowest BCUT2D eigenvalue weighted by Gasteiger charge is -2.19. The fourth-order valence-electron chi connectivity index (χ4n) is 2.61. The van der Waals surface area contributed by atoms with Crippen molar-refractivity contribution in [1.29, 1.82) is 0 Å². The van der Waals surface area contributed by atoms with Crippen molar-refractivity contribution in [3.8, 4) is 5.75 Å². The summed E-state index contributed by atoms with van der Waals surface area (Å²) in [4.78, 5) is 37.5. The second-order valence-corrected chi connectivity index (χ2v) is 5.54. The zero-order valence-corrected chi connectivity index (χ0v) is 14.1. The van der Waals surface area contributed by atoms with E-state index >= 15 is 0 Å². The van der Waals surface area contributed by atoms with Gasteiger partial charge in [0.15, 0.2) is 0 Å². The Morgan fingerprint density at radius 3 is 2.50 bits per heavy atom. The summed E-state index contributed by atoms with van der Waals surface area (Å²) in [5.41, 5.74) is -0.549. The first-order valence-electron chi connectivity index (χ1n) is 7.64. The molecule has 0 aliphatic carbocycles. The van der Waals surface area contributed by atoms with E-state index in [9.17, 15) is 19.5 Å². The topological polar surface area (TPSA) is 97.0 Å². The highest BCUT2D eigenvalue weighted by molar-refractivity contribution is 6.09. The standard InChI is InChI=1S/C19H15NO6/c1-20(15-6-4-3-5-13(15)18(22)23)17(21)14-10-11-9-12(25-2)7-8-16(11)26-19(14)24/h3-10H,1-2H3,(H,22,23). The van der Waals surface area contributed by atoms with Gasteiger partial charge in [0.25, 0.3) is 5.91 Å². The number of fused-ring (bicyclic) bond motifs is 1. The van der Waals surface area contributed by atoms with Gasteiger partial charge in [0, 0.05) is 12.4 Å². The van der Waals surface area contributed by atoms with Crippen LogP contribution in [0.1, 0.15) is 20.7 Å². The van der Waals surface area contributed by atoms with E-state index in [1.54, 1.807) is 30.3 Å². The second-order valence-electron chi connectivity index (χ2n) is 5.54. The number of ether oxygens (including phenoxy) is 1. The summed E-state index contributed by atoms with van der Waals surface area (Å²) in [5, 5.41) is 9.81. The van der Waals surface area contributed by atoms with Gasteiger partial charge in [-0.1, -0.05) is 12.1 Å². The summed E-state index contributed by atoms with van der Waals surface area (Å²) in [6, 6.07) is 12.3. The molecule has 0 spiro atoms. The Hall–Kier alpha value is -3.61. The van der Waals surface area contributed by atoms with E-state index in [1.165, 1.54) is 32.4 Å². The molecule has 0 aliphatic rings. The van der Waals surface area contributed by atoms with E-state index in [1.807, 2.05) is 0 Å². The van der Waals surface area contributed by atoms with E-state index < -0.39 is 17.5 Å². The average molecular weight is 353 g/mol. The van der Waals surface area contributed by atoms with Crippen LogP contribution in [0.25, 0.3) is 11.0 Å². The molecular weight excluding hydrogens is 338 g/mol. The highest BCUT2D eigenvalue weighted by atomic mass is 16.5. The van der Waals surface area contributed by atoms with Crippen molar-refractivity contribution in [2.45, 2.75) is 0 Å². The molecular formula is C19H15NO6. The SMILES string of the molecule is COc1ccc2oc(=O)c(C(=O)N(C)c3ccccc3C(=O)O)cc2c1. The van der Waals surface area contributed by atoms with E-state index in [2.05, 4.69) is 0 Å². The normalized spacial score (nSPS) is 10.5. The van der Waals surface area contributed by atoms with E-state index in [0.717, 1.165) is 4.90 Å². The molecule has 3 rings (SSSR count). The first kappa shape index (κ1) is 17.2. The van der Waals surface area contributed by atoms with Gasteiger partial charge in [0.05, 0.1) is 18.4 Å². The summed E-state index contributed by atoms with van der Waals surface area (Å²) >= 11 is 0. The van der Waals surface area contributed by atoms with Gasteiger partial charge in [0.2, 0.25) is 0 Å². The maximum Gasteiger partial charge on any atom is 0.349 e. The highest BCUT2D eigenvalue weighted by Gasteiger charge is 2.22. The third-order valence-electron chi connectivity index (χ3n) is 3.97. The number of hydrogen-bond acceptors (Lipinski definition) is 5. The maximum atomic E-state index is 12.8. The molecule has 7 nitrogen and oxygen atoms in total. The fraction of sp³-hybridized carbons (Fsp3) is 0.105. The number of benzene rings is 2. The van der Waals surface area contributed by atoms with Gasteiger partial charge >= 0.3 is 11.6 Å². The Kier molecular flexibility index (Phi) is 4.45. The van der Waals surface area contributed by atoms with Crippen molar-refractivity contribution in [1.82, 2.24) is 0 Å². The first-order valence-corrected chi connectivity index (χ1v) is 7.64. The number of carboxylic acids is 1. The minimum atomic E-state index is -1.17. The number of carboxylic acid groups (broad SMARTS) is 1. The largest absolute Gasteiger partial charge is 0.497 e. The zero-order valence-electron chi connectivity index (χ0n) is 14.1. The quantitative estimate of drug-likeness (QED) is 0.725. The van der Waals surface area contributed by atoms with Crippen molar-refractivity contribution in [2.24, 2.45) is 0 Å². The Balaban J connectivity index is 2.08. The smallest absolute Gasteiger partial charge is 0.349 e. The highest BCUT2D eigenvalue weighted by Crippen LogP contribution is 2.23. The van der Waals surface area contributed by atoms with Crippen molar-refractivity contribution in [3.05, 3.63) is 70.1 Å². The molecule has 1 aromatic heterocycles. The number of amides is 1. The van der Waals surface area contributed by atoms with E-state index in [4.69, 9.17) is 9.15 Å². The number of rotatable bonds is 4. The number of anilines is 1. The molecule has 26 heavy (non-hydrogen) atoms. The molecule has 3 aromatic rings. The molecule has 0 aliphatic heterocycles. The number of carbonyl (C=O) groups is 2. The monoisotopic (exact) mass is 353 g/mol. The predicted octanol–water partition coefficient (Wildman–Crippen LogP) is 2.78. The summed E-state index contributed by atoms with van der Waals surface area (Å²) in [5.74, 6) is -1.29. The molecule has 1 heterocycles. The summed E-state index contributed by atoms with van der Waals surface area (Å²) in [7, 11) is 2.91. The number of hydrogen-bond donors (Lipinski definition) is 1. The lowest BCUT2D eigenvalue weighted by Crippen LogP contribution is -2.31. The van der Waals surface area contributed by atoms with Crippen LogP contribution in [0.2, 0.25) is 0 Å². The molecule has 0 saturated carbocycles. The van der Waals surface area contributed by atoms with Crippen LogP contribution in [0.5, 0.6) is 5.75 Å². The molecule has 0 atom stereocenters. The molecule has 132 valence electrons. The summed E-state index contributed by atoms with van der Waals surface area (Å²) < 4.78 is 10.3. The van der Waals surface area contributed by atoms with Gasteiger partial charge in [0.1, 0.15) is 16.9 Å². The van der Waals surface area contributed by atoms with E-state index in [0.29, 0.717) is 16.7 Å². The average Bonchev–Trinajstić information content (AvgIpc) is 2.65. The van der Waals surface area contributed by atoms with Crippen LogP contribution in [0.4, 0.5) is 5.69 Å². The van der Waals surface area contributed by atoms with Crippen molar-refractivity contribution in [2.75, 3.05) is 19.1 Å². The van der Waals surface area contributed by atoms with Gasteiger partial charge < -0.3 is 19.2 Å². The third kappa shape index (κ3) is 3.02. The van der Waals surface area contributed by atoms with Gasteiger partial charge in [-0.25, -0.2) is 9.59 Å². The van der Waals surface area contributed by atoms with Crippen LogP contribution in [0.15, 0.2) is 57.7 Å². The molecule has 1 N–H and O–H groups in total. The van der Waals surface area contributed by atoms with Crippen LogP contribution >= 0.6 is 0 Å². The Labute approximate surface area is 148 Å². The molecule has 7 heteroatoms. The van der Waals surface area contributed by atoms with Gasteiger partial charge in [-0.15, -0.1) is 0 Å². The molecule has 1 amide bonds. The van der Waals surface area contributed by atoms with Crippen LogP contribution in [-0.2, 0) is 0 Å². The molecule has 2 aromatic carbocycles. The number of para-hydroxylation sites is 1. The van der Waals surface area contributed by atoms with Crippen LogP contribution in [0, 0.1) is 0 Å². The minimum Gasteiger partial charge on any atom is -0.497 e. The van der Waals surface area contributed by atoms with Crippen LogP contribution in [0.3, 0.4) is 0 Å². The number of aromatic carboxylic acids is 1. The number of methoxy groups -OCH3 is 1. The van der Waals surface area contributed by atoms with Gasteiger partial charge in [-0.2, -0.15) is 0 Å². The van der Waals surface area contributed by atoms with Gasteiger partial charge in [-0.05, 0) is 36.4 Å². The zero-order chi connectivity index (χ0) is 18.8. The Bertz CT molecular complexity index is 1070. The molecule has 0 saturated heterocycles. The second kappa shape index (κ2) is 6.72. The molecule has 0 unspecified atom stereocenters. The Morgan fingerprint density at radius 2 is 1.81 bits per heavy atom. The van der Waals surface area contributed by atoms with Crippen molar-refractivity contribution in [3.63, 3.8) is 0 Å². The first-order chi connectivity index (χ1) is 12.4. The summed E-state index contributed by atoms with van der Waals surface area (Å²) in [6.07, 6.45) is 0. The maximum absolute atomic E-state index is 12.8. The Morgan fingerprint density at radius 1 is 1.08 bits per heavy atom. The van der Waals surface area contributed by atoms with Crippen molar-refractivity contribution < 1.29 is 23.8 Å². The molecule has 0 bridgehead atoms. The van der Waals surface area contributed by atoms with Crippen molar-refractivity contribution >= 4 is 28.5 Å². The number of nitrogens with zero attached hydrogens (tertiary/aromatic N) is 1. The van der Waals surface area contributed by atoms with E-state index in [-0.39, 0.29) is 16.8 Å². The molecule has 0 fully saturated rings. The predicted molar refractivity (Wildman–Crippen MR) is 95.2 cm³/mol. The van der Waals surface area contributed by atoms with Gasteiger partial charge in [-0.3, -0.25) is 4.79 Å². The van der Waals surface area contributed by atoms with Crippen LogP contribution in [-0.4, -0.2) is 31.1 Å². The fourth-order valence-corrected chi connectivity index (χ4v) is 2.61. The molecule has 0 radical (unpaired) electrons.